The van der Waals surface area contributed by atoms with Crippen LogP contribution in [0, 0.1) is 5.92 Å². The Morgan fingerprint density at radius 1 is 1.24 bits per heavy atom. The van der Waals surface area contributed by atoms with Gasteiger partial charge in [-0.3, -0.25) is 0 Å². The second-order valence-corrected chi connectivity index (χ2v) is 8.28. The highest BCUT2D eigenvalue weighted by molar-refractivity contribution is 7.89. The van der Waals surface area contributed by atoms with Gasteiger partial charge in [-0.1, -0.05) is 13.0 Å². The van der Waals surface area contributed by atoms with Crippen LogP contribution in [0.5, 0.6) is 0 Å². The molecule has 2 aliphatic rings. The Hall–Kier alpha value is -1.07. The van der Waals surface area contributed by atoms with Crippen molar-refractivity contribution in [1.82, 2.24) is 4.31 Å². The van der Waals surface area contributed by atoms with Crippen LogP contribution in [0.4, 0.5) is 5.69 Å². The van der Waals surface area contributed by atoms with Crippen LogP contribution in [0.2, 0.25) is 0 Å². The molecule has 0 aromatic heterocycles. The van der Waals surface area contributed by atoms with Crippen LogP contribution in [0.25, 0.3) is 0 Å². The minimum atomic E-state index is -3.39. The number of hydrogen-bond acceptors (Lipinski definition) is 3. The first-order valence-corrected chi connectivity index (χ1v) is 9.32. The van der Waals surface area contributed by atoms with Crippen molar-refractivity contribution in [1.29, 1.82) is 0 Å². The average molecular weight is 308 g/mol. The fourth-order valence-corrected chi connectivity index (χ4v) is 5.49. The minimum Gasteiger partial charge on any atom is -0.385 e. The molecule has 1 saturated heterocycles. The first kappa shape index (κ1) is 14.9. The van der Waals surface area contributed by atoms with E-state index in [2.05, 4.69) is 12.2 Å². The zero-order valence-corrected chi connectivity index (χ0v) is 13.6. The molecule has 0 saturated carbocycles. The fraction of sp³-hybridized carbons (Fsp3) is 0.625. The third kappa shape index (κ3) is 2.69. The molecule has 116 valence electrons. The highest BCUT2D eigenvalue weighted by Crippen LogP contribution is 2.33. The maximum Gasteiger partial charge on any atom is 0.243 e. The fourth-order valence-electron chi connectivity index (χ4n) is 3.43. The maximum absolute atomic E-state index is 13.1. The van der Waals surface area contributed by atoms with Gasteiger partial charge in [-0.15, -0.1) is 0 Å². The van der Waals surface area contributed by atoms with Gasteiger partial charge < -0.3 is 5.32 Å². The van der Waals surface area contributed by atoms with Crippen molar-refractivity contribution >= 4 is 15.7 Å². The lowest BCUT2D eigenvalue weighted by molar-refractivity contribution is 0.218. The van der Waals surface area contributed by atoms with Crippen molar-refractivity contribution < 1.29 is 8.42 Å². The standard InChI is InChI=1S/C16H24N2O2S/c1-12-8-9-13(2)18(11-12)21(19,20)16-7-3-6-15-14(16)5-4-10-17-15/h3,6-7,12-13,17H,4-5,8-11H2,1-2H3. The number of hydrogen-bond donors (Lipinski definition) is 1. The number of benzene rings is 1. The van der Waals surface area contributed by atoms with Crippen LogP contribution < -0.4 is 5.32 Å². The predicted octanol–water partition coefficient (Wildman–Crippen LogP) is 2.85. The average Bonchev–Trinajstić information content (AvgIpc) is 2.49. The van der Waals surface area contributed by atoms with E-state index in [9.17, 15) is 8.42 Å². The largest absolute Gasteiger partial charge is 0.385 e. The van der Waals surface area contributed by atoms with E-state index in [-0.39, 0.29) is 6.04 Å². The number of nitrogens with one attached hydrogen (secondary N) is 1. The highest BCUT2D eigenvalue weighted by Gasteiger charge is 2.35. The van der Waals surface area contributed by atoms with Gasteiger partial charge in [0.2, 0.25) is 10.0 Å². The van der Waals surface area contributed by atoms with Crippen molar-refractivity contribution in [2.75, 3.05) is 18.4 Å². The molecule has 3 rings (SSSR count). The van der Waals surface area contributed by atoms with E-state index in [1.165, 1.54) is 0 Å². The van der Waals surface area contributed by atoms with Gasteiger partial charge in [-0.2, -0.15) is 4.31 Å². The molecule has 2 unspecified atom stereocenters. The molecule has 2 heterocycles. The van der Waals surface area contributed by atoms with E-state index < -0.39 is 10.0 Å². The zero-order chi connectivity index (χ0) is 15.0. The number of sulfonamides is 1. The molecule has 1 aromatic rings. The van der Waals surface area contributed by atoms with Crippen LogP contribution in [0.1, 0.15) is 38.7 Å². The first-order chi connectivity index (χ1) is 10.00. The predicted molar refractivity (Wildman–Crippen MR) is 85.0 cm³/mol. The Kier molecular flexibility index (Phi) is 3.97. The number of nitrogens with zero attached hydrogens (tertiary/aromatic N) is 1. The van der Waals surface area contributed by atoms with Crippen molar-refractivity contribution in [3.05, 3.63) is 23.8 Å². The van der Waals surface area contributed by atoms with Gasteiger partial charge in [-0.05, 0) is 56.2 Å². The summed E-state index contributed by atoms with van der Waals surface area (Å²) in [6, 6.07) is 5.70. The zero-order valence-electron chi connectivity index (χ0n) is 12.8. The normalized spacial score (nSPS) is 27.0. The Morgan fingerprint density at radius 2 is 2.05 bits per heavy atom. The van der Waals surface area contributed by atoms with Crippen molar-refractivity contribution in [2.24, 2.45) is 5.92 Å². The van der Waals surface area contributed by atoms with Crippen LogP contribution in [-0.4, -0.2) is 31.9 Å². The summed E-state index contributed by atoms with van der Waals surface area (Å²) >= 11 is 0. The van der Waals surface area contributed by atoms with Crippen molar-refractivity contribution in [2.45, 2.75) is 50.5 Å². The van der Waals surface area contributed by atoms with Gasteiger partial charge in [-0.25, -0.2) is 8.42 Å². The lowest BCUT2D eigenvalue weighted by Gasteiger charge is -2.36. The van der Waals surface area contributed by atoms with Crippen molar-refractivity contribution in [3.8, 4) is 0 Å². The van der Waals surface area contributed by atoms with E-state index in [1.807, 2.05) is 19.1 Å². The number of rotatable bonds is 2. The van der Waals surface area contributed by atoms with E-state index in [4.69, 9.17) is 0 Å². The first-order valence-electron chi connectivity index (χ1n) is 7.88. The lowest BCUT2D eigenvalue weighted by atomic mass is 9.97. The summed E-state index contributed by atoms with van der Waals surface area (Å²) in [5.41, 5.74) is 1.95. The van der Waals surface area contributed by atoms with E-state index in [0.717, 1.165) is 43.5 Å². The molecule has 1 aromatic carbocycles. The monoisotopic (exact) mass is 308 g/mol. The van der Waals surface area contributed by atoms with Gasteiger partial charge in [0.25, 0.3) is 0 Å². The van der Waals surface area contributed by atoms with E-state index >= 15 is 0 Å². The Labute approximate surface area is 127 Å². The molecule has 2 aliphatic heterocycles. The maximum atomic E-state index is 13.1. The topological polar surface area (TPSA) is 49.4 Å². The molecule has 4 nitrogen and oxygen atoms in total. The second-order valence-electron chi connectivity index (χ2n) is 6.42. The third-order valence-corrected chi connectivity index (χ3v) is 6.76. The number of anilines is 1. The molecule has 1 N–H and O–H groups in total. The Balaban J connectivity index is 2.02. The summed E-state index contributed by atoms with van der Waals surface area (Å²) in [5, 5.41) is 3.32. The summed E-state index contributed by atoms with van der Waals surface area (Å²) in [7, 11) is -3.39. The summed E-state index contributed by atoms with van der Waals surface area (Å²) in [4.78, 5) is 0.508. The molecule has 2 atom stereocenters. The SMILES string of the molecule is CC1CCC(C)N(S(=O)(=O)c2cccc3c2CCCN3)C1. The molecule has 0 spiro atoms. The summed E-state index contributed by atoms with van der Waals surface area (Å²) in [6.45, 7) is 5.72. The number of piperidine rings is 1. The molecular weight excluding hydrogens is 284 g/mol. The van der Waals surface area contributed by atoms with Gasteiger partial charge in [0.15, 0.2) is 0 Å². The van der Waals surface area contributed by atoms with Crippen LogP contribution in [0.3, 0.4) is 0 Å². The molecule has 0 bridgehead atoms. The van der Waals surface area contributed by atoms with Gasteiger partial charge in [0, 0.05) is 24.8 Å². The number of fused-ring (bicyclic) bond motifs is 1. The van der Waals surface area contributed by atoms with Crippen LogP contribution in [0.15, 0.2) is 23.1 Å². The quantitative estimate of drug-likeness (QED) is 0.914. The molecule has 21 heavy (non-hydrogen) atoms. The Bertz CT molecular complexity index is 627. The molecule has 0 amide bonds. The van der Waals surface area contributed by atoms with Crippen LogP contribution in [-0.2, 0) is 16.4 Å². The van der Waals surface area contributed by atoms with E-state index in [1.54, 1.807) is 10.4 Å². The summed E-state index contributed by atoms with van der Waals surface area (Å²) in [5.74, 6) is 0.439. The molecule has 0 aliphatic carbocycles. The van der Waals surface area contributed by atoms with Crippen molar-refractivity contribution in [3.63, 3.8) is 0 Å². The van der Waals surface area contributed by atoms with Crippen LogP contribution >= 0.6 is 0 Å². The highest BCUT2D eigenvalue weighted by atomic mass is 32.2. The molecule has 5 heteroatoms. The Morgan fingerprint density at radius 3 is 2.86 bits per heavy atom. The summed E-state index contributed by atoms with van der Waals surface area (Å²) < 4.78 is 27.9. The molecule has 0 radical (unpaired) electrons. The van der Waals surface area contributed by atoms with Gasteiger partial charge >= 0.3 is 0 Å². The lowest BCUT2D eigenvalue weighted by Crippen LogP contribution is -2.45. The van der Waals surface area contributed by atoms with Gasteiger partial charge in [0.1, 0.15) is 0 Å². The second kappa shape index (κ2) is 5.61. The summed E-state index contributed by atoms with van der Waals surface area (Å²) in [6.07, 6.45) is 3.90. The van der Waals surface area contributed by atoms with E-state index in [0.29, 0.717) is 17.4 Å². The van der Waals surface area contributed by atoms with Gasteiger partial charge in [0.05, 0.1) is 4.90 Å². The minimum absolute atomic E-state index is 0.0959. The third-order valence-electron chi connectivity index (χ3n) is 4.70. The molecule has 1 fully saturated rings. The smallest absolute Gasteiger partial charge is 0.243 e. The molecular formula is C16H24N2O2S.